The lowest BCUT2D eigenvalue weighted by molar-refractivity contribution is -0.133. The molecule has 2 aliphatic rings. The van der Waals surface area contributed by atoms with Gasteiger partial charge in [-0.05, 0) is 31.1 Å². The zero-order valence-electron chi connectivity index (χ0n) is 14.1. The van der Waals surface area contributed by atoms with E-state index in [1.807, 2.05) is 23.2 Å². The molecule has 2 fully saturated rings. The van der Waals surface area contributed by atoms with Gasteiger partial charge in [0.05, 0.1) is 10.7 Å². The summed E-state index contributed by atoms with van der Waals surface area (Å²) in [6.45, 7) is 0.825. The molecule has 2 aromatic rings. The van der Waals surface area contributed by atoms with Gasteiger partial charge in [0, 0.05) is 41.6 Å². The van der Waals surface area contributed by atoms with Gasteiger partial charge in [-0.25, -0.2) is 4.98 Å². The highest BCUT2D eigenvalue weighted by molar-refractivity contribution is 8.03. The van der Waals surface area contributed by atoms with E-state index in [0.29, 0.717) is 5.91 Å². The van der Waals surface area contributed by atoms with E-state index in [2.05, 4.69) is 16.4 Å². The van der Waals surface area contributed by atoms with E-state index < -0.39 is 0 Å². The highest BCUT2D eigenvalue weighted by Gasteiger charge is 2.31. The largest absolute Gasteiger partial charge is 0.306 e. The molecule has 0 N–H and O–H groups in total. The molecule has 130 valence electrons. The van der Waals surface area contributed by atoms with Crippen molar-refractivity contribution in [3.63, 3.8) is 0 Å². The Bertz CT molecular complexity index is 766. The van der Waals surface area contributed by atoms with Crippen LogP contribution in [0, 0.1) is 5.92 Å². The highest BCUT2D eigenvalue weighted by Crippen LogP contribution is 2.35. The predicted octanol–water partition coefficient (Wildman–Crippen LogP) is 4.66. The van der Waals surface area contributed by atoms with Crippen molar-refractivity contribution >= 4 is 35.1 Å². The summed E-state index contributed by atoms with van der Waals surface area (Å²) in [7, 11) is 0. The second kappa shape index (κ2) is 7.70. The van der Waals surface area contributed by atoms with Crippen molar-refractivity contribution in [2.24, 2.45) is 5.92 Å². The second-order valence-corrected chi connectivity index (χ2v) is 8.45. The number of aromatic nitrogens is 2. The molecule has 1 saturated carbocycles. The molecule has 0 radical (unpaired) electrons. The van der Waals surface area contributed by atoms with Crippen molar-refractivity contribution in [1.29, 1.82) is 0 Å². The maximum absolute atomic E-state index is 12.9. The van der Waals surface area contributed by atoms with Crippen LogP contribution in [0.15, 0.2) is 34.9 Å². The van der Waals surface area contributed by atoms with Gasteiger partial charge in [0.25, 0.3) is 0 Å². The summed E-state index contributed by atoms with van der Waals surface area (Å²) >= 11 is 3.38. The Kier molecular flexibility index (Phi) is 5.17. The van der Waals surface area contributed by atoms with Crippen LogP contribution in [-0.4, -0.2) is 33.1 Å². The van der Waals surface area contributed by atoms with E-state index in [0.717, 1.165) is 46.4 Å². The van der Waals surface area contributed by atoms with E-state index in [4.69, 9.17) is 4.98 Å². The molecule has 4 rings (SSSR count). The van der Waals surface area contributed by atoms with Crippen molar-refractivity contribution < 1.29 is 4.79 Å². The van der Waals surface area contributed by atoms with Gasteiger partial charge in [-0.15, -0.1) is 23.1 Å². The minimum absolute atomic E-state index is 0.220. The van der Waals surface area contributed by atoms with Crippen molar-refractivity contribution in [3.8, 4) is 10.6 Å². The van der Waals surface area contributed by atoms with Crippen LogP contribution in [0.2, 0.25) is 0 Å². The third-order valence-electron chi connectivity index (χ3n) is 4.75. The topological polar surface area (TPSA) is 46.1 Å². The number of amides is 1. The summed E-state index contributed by atoms with van der Waals surface area (Å²) < 4.78 is 0. The first-order chi connectivity index (χ1) is 12.3. The van der Waals surface area contributed by atoms with Crippen LogP contribution in [0.3, 0.4) is 0 Å². The molecular weight excluding hydrogens is 350 g/mol. The van der Waals surface area contributed by atoms with Crippen LogP contribution in [0.5, 0.6) is 0 Å². The molecule has 1 saturated heterocycles. The lowest BCUT2D eigenvalue weighted by atomic mass is 9.88. The Morgan fingerprint density at radius 3 is 2.96 bits per heavy atom. The van der Waals surface area contributed by atoms with E-state index in [1.165, 1.54) is 19.3 Å². The first kappa shape index (κ1) is 16.8. The number of carbonyl (C=O) groups excluding carboxylic acids is 1. The van der Waals surface area contributed by atoms with Crippen molar-refractivity contribution in [3.05, 3.63) is 40.6 Å². The minimum atomic E-state index is 0.220. The number of rotatable bonds is 3. The molecule has 0 spiro atoms. The van der Waals surface area contributed by atoms with E-state index in [-0.39, 0.29) is 5.92 Å². The Morgan fingerprint density at radius 1 is 1.28 bits per heavy atom. The molecule has 1 aliphatic carbocycles. The molecule has 4 nitrogen and oxygen atoms in total. The molecule has 1 amide bonds. The molecule has 25 heavy (non-hydrogen) atoms. The van der Waals surface area contributed by atoms with Crippen LogP contribution >= 0.6 is 23.1 Å². The Hall–Kier alpha value is -1.66. The van der Waals surface area contributed by atoms with Gasteiger partial charge < -0.3 is 4.90 Å². The first-order valence-electron chi connectivity index (χ1n) is 8.83. The molecular formula is C19H21N3OS2. The molecule has 3 heterocycles. The Labute approximate surface area is 156 Å². The number of hydrogen-bond acceptors (Lipinski definition) is 5. The van der Waals surface area contributed by atoms with E-state index in [1.54, 1.807) is 29.3 Å². The average Bonchev–Trinajstić information content (AvgIpc) is 3.33. The summed E-state index contributed by atoms with van der Waals surface area (Å²) in [6, 6.07) is 3.94. The predicted molar refractivity (Wildman–Crippen MR) is 104 cm³/mol. The van der Waals surface area contributed by atoms with Crippen molar-refractivity contribution in [2.45, 2.75) is 32.1 Å². The second-order valence-electron chi connectivity index (χ2n) is 6.48. The smallest absolute Gasteiger partial charge is 0.230 e. The highest BCUT2D eigenvalue weighted by atomic mass is 32.2. The lowest BCUT2D eigenvalue weighted by Gasteiger charge is -2.26. The normalized spacial score (nSPS) is 20.3. The average molecular weight is 372 g/mol. The SMILES string of the molecule is O=C(C1CCCCC1)N1CCS/C1=C/c1csc(-c2cccnc2)n1. The maximum atomic E-state index is 12.9. The number of pyridine rings is 1. The molecule has 1 aliphatic heterocycles. The number of thiazole rings is 1. The van der Waals surface area contributed by atoms with Gasteiger partial charge in [0.2, 0.25) is 5.91 Å². The maximum Gasteiger partial charge on any atom is 0.230 e. The number of nitrogens with zero attached hydrogens (tertiary/aromatic N) is 3. The third kappa shape index (κ3) is 3.80. The van der Waals surface area contributed by atoms with Crippen LogP contribution in [-0.2, 0) is 4.79 Å². The molecule has 0 unspecified atom stereocenters. The van der Waals surface area contributed by atoms with Crippen molar-refractivity contribution in [2.75, 3.05) is 12.3 Å². The molecule has 2 aromatic heterocycles. The number of hydrogen-bond donors (Lipinski definition) is 0. The van der Waals surface area contributed by atoms with Gasteiger partial charge >= 0.3 is 0 Å². The summed E-state index contributed by atoms with van der Waals surface area (Å²) in [6.07, 6.45) is 11.4. The van der Waals surface area contributed by atoms with Crippen LogP contribution < -0.4 is 0 Å². The van der Waals surface area contributed by atoms with Crippen LogP contribution in [0.25, 0.3) is 16.6 Å². The summed E-state index contributed by atoms with van der Waals surface area (Å²) in [4.78, 5) is 23.7. The fourth-order valence-electron chi connectivity index (χ4n) is 3.44. The molecule has 0 aromatic carbocycles. The lowest BCUT2D eigenvalue weighted by Crippen LogP contribution is -2.33. The van der Waals surface area contributed by atoms with E-state index >= 15 is 0 Å². The molecule has 0 bridgehead atoms. The van der Waals surface area contributed by atoms with Gasteiger partial charge in [-0.1, -0.05) is 19.3 Å². The standard InChI is InChI=1S/C19H21N3OS2/c23-19(14-5-2-1-3-6-14)22-9-10-24-17(22)11-16-13-25-18(21-16)15-7-4-8-20-12-15/h4,7-8,11-14H,1-3,5-6,9-10H2/b17-11+. The van der Waals surface area contributed by atoms with E-state index in [9.17, 15) is 4.79 Å². The monoisotopic (exact) mass is 371 g/mol. The Balaban J connectivity index is 1.52. The summed E-state index contributed by atoms with van der Waals surface area (Å²) in [5.74, 6) is 1.51. The van der Waals surface area contributed by atoms with Gasteiger partial charge in [0.1, 0.15) is 5.01 Å². The van der Waals surface area contributed by atoms with Gasteiger partial charge in [-0.3, -0.25) is 9.78 Å². The fraction of sp³-hybridized carbons (Fsp3) is 0.421. The fourth-order valence-corrected chi connectivity index (χ4v) is 5.23. The molecule has 6 heteroatoms. The third-order valence-corrected chi connectivity index (χ3v) is 6.68. The zero-order chi connectivity index (χ0) is 17.1. The zero-order valence-corrected chi connectivity index (χ0v) is 15.7. The first-order valence-corrected chi connectivity index (χ1v) is 10.7. The molecule has 0 atom stereocenters. The minimum Gasteiger partial charge on any atom is -0.306 e. The quantitative estimate of drug-likeness (QED) is 0.787. The van der Waals surface area contributed by atoms with Gasteiger partial charge in [-0.2, -0.15) is 0 Å². The van der Waals surface area contributed by atoms with Crippen molar-refractivity contribution in [1.82, 2.24) is 14.9 Å². The Morgan fingerprint density at radius 2 is 2.16 bits per heavy atom. The van der Waals surface area contributed by atoms with Crippen LogP contribution in [0.1, 0.15) is 37.8 Å². The summed E-state index contributed by atoms with van der Waals surface area (Å²) in [5.41, 5.74) is 1.96. The number of carbonyl (C=O) groups is 1. The summed E-state index contributed by atoms with van der Waals surface area (Å²) in [5, 5.41) is 4.07. The van der Waals surface area contributed by atoms with Gasteiger partial charge in [0.15, 0.2) is 0 Å². The van der Waals surface area contributed by atoms with Crippen LogP contribution in [0.4, 0.5) is 0 Å². The number of thioether (sulfide) groups is 1.